The second kappa shape index (κ2) is 12.0. The number of alkyl carbamates (subject to hydrolysis) is 1. The molecule has 0 heterocycles. The number of phenols is 1. The molecule has 0 bridgehead atoms. The third kappa shape index (κ3) is 7.31. The molecular formula is C26H24IN3O5. The van der Waals surface area contributed by atoms with Crippen molar-refractivity contribution in [1.82, 2.24) is 5.32 Å². The van der Waals surface area contributed by atoms with Crippen LogP contribution in [0.3, 0.4) is 0 Å². The molecule has 0 spiro atoms. The molecule has 9 heteroatoms. The number of hydrogen-bond acceptors (Lipinski definition) is 6. The number of ether oxygens (including phenoxy) is 1. The van der Waals surface area contributed by atoms with Gasteiger partial charge in [0, 0.05) is 20.6 Å². The number of aromatic hydroxyl groups is 1. The molecule has 0 fully saturated rings. The normalized spacial score (nSPS) is 12.5. The van der Waals surface area contributed by atoms with Crippen molar-refractivity contribution in [3.05, 3.63) is 99.6 Å². The minimum absolute atomic E-state index is 0.0839. The van der Waals surface area contributed by atoms with Gasteiger partial charge in [-0.1, -0.05) is 43.3 Å². The van der Waals surface area contributed by atoms with Gasteiger partial charge >= 0.3 is 6.09 Å². The molecule has 8 nitrogen and oxygen atoms in total. The molecule has 2 atom stereocenters. The van der Waals surface area contributed by atoms with Crippen molar-refractivity contribution in [3.8, 4) is 5.75 Å². The zero-order valence-electron chi connectivity index (χ0n) is 18.8. The first-order chi connectivity index (χ1) is 16.7. The number of imide groups is 1. The number of amides is 3. The van der Waals surface area contributed by atoms with Crippen molar-refractivity contribution in [2.45, 2.75) is 13.0 Å². The Hall–Kier alpha value is -3.86. The predicted octanol–water partition coefficient (Wildman–Crippen LogP) is 5.02. The average Bonchev–Trinajstić information content (AvgIpc) is 2.84. The third-order valence-electron chi connectivity index (χ3n) is 5.03. The summed E-state index contributed by atoms with van der Waals surface area (Å²) >= 11 is 2.07. The van der Waals surface area contributed by atoms with Crippen LogP contribution >= 0.6 is 22.6 Å². The largest absolute Gasteiger partial charge is 0.508 e. The highest BCUT2D eigenvalue weighted by Crippen LogP contribution is 2.34. The van der Waals surface area contributed by atoms with Crippen LogP contribution in [-0.2, 0) is 9.53 Å². The van der Waals surface area contributed by atoms with Gasteiger partial charge in [0.25, 0.3) is 5.91 Å². The van der Waals surface area contributed by atoms with Crippen LogP contribution < -0.4 is 16.4 Å². The summed E-state index contributed by atoms with van der Waals surface area (Å²) in [5, 5.41) is 15.3. The summed E-state index contributed by atoms with van der Waals surface area (Å²) in [4.78, 5) is 37.3. The third-order valence-corrected chi connectivity index (χ3v) is 5.70. The van der Waals surface area contributed by atoms with Crippen molar-refractivity contribution in [1.29, 1.82) is 0 Å². The Kier molecular flexibility index (Phi) is 8.85. The van der Waals surface area contributed by atoms with Crippen molar-refractivity contribution < 1.29 is 24.2 Å². The van der Waals surface area contributed by atoms with Crippen LogP contribution in [0.15, 0.2) is 84.9 Å². The van der Waals surface area contributed by atoms with Gasteiger partial charge in [0.1, 0.15) is 11.9 Å². The monoisotopic (exact) mass is 585 g/mol. The molecule has 0 radical (unpaired) electrons. The predicted molar refractivity (Wildman–Crippen MR) is 142 cm³/mol. The number of phenolic OH excluding ortho intramolecular Hbond substituents is 1. The number of carbonyl (C=O) groups is 3. The lowest BCUT2D eigenvalue weighted by Gasteiger charge is -2.23. The van der Waals surface area contributed by atoms with Gasteiger partial charge in [-0.3, -0.25) is 14.9 Å². The first-order valence-corrected chi connectivity index (χ1v) is 11.7. The van der Waals surface area contributed by atoms with E-state index in [4.69, 9.17) is 10.5 Å². The van der Waals surface area contributed by atoms with Crippen LogP contribution in [0.25, 0.3) is 0 Å². The molecule has 0 aromatic heterocycles. The number of nitrogens with two attached hydrogens (primary N) is 1. The van der Waals surface area contributed by atoms with E-state index in [9.17, 15) is 19.5 Å². The maximum Gasteiger partial charge on any atom is 0.414 e. The summed E-state index contributed by atoms with van der Waals surface area (Å²) in [7, 11) is 0. The Labute approximate surface area is 216 Å². The Bertz CT molecular complexity index is 1250. The van der Waals surface area contributed by atoms with Crippen LogP contribution in [0.2, 0.25) is 0 Å². The molecule has 3 aromatic rings. The Balaban J connectivity index is 1.77. The molecule has 3 amide bonds. The standard InChI is InChI=1S/C26H24IN3O5/c1-16(11-14-23(32)29-21-10-6-5-9-20(21)28)24(19-15-18(27)12-13-22(19)31)35-26(34)30-25(33)17-7-3-2-4-8-17/h2-16,24,31H,28H2,1H3,(H,29,32)(H,30,33,34)/b14-11+/t16-,24-/m1/s1. The van der Waals surface area contributed by atoms with Gasteiger partial charge in [-0.25, -0.2) is 4.79 Å². The van der Waals surface area contributed by atoms with Crippen molar-refractivity contribution in [2.24, 2.45) is 5.92 Å². The summed E-state index contributed by atoms with van der Waals surface area (Å²) < 4.78 is 6.36. The smallest absolute Gasteiger partial charge is 0.414 e. The number of benzene rings is 3. The van der Waals surface area contributed by atoms with Crippen LogP contribution in [0.5, 0.6) is 5.75 Å². The van der Waals surface area contributed by atoms with Crippen LogP contribution in [0.4, 0.5) is 16.2 Å². The number of hydrogen-bond donors (Lipinski definition) is 4. The number of halogens is 1. The zero-order chi connectivity index (χ0) is 25.4. The molecule has 0 saturated carbocycles. The second-order valence-electron chi connectivity index (χ2n) is 7.64. The number of rotatable bonds is 7. The van der Waals surface area contributed by atoms with Crippen molar-refractivity contribution in [2.75, 3.05) is 11.1 Å². The Morgan fingerprint density at radius 2 is 1.71 bits per heavy atom. The highest BCUT2D eigenvalue weighted by atomic mass is 127. The average molecular weight is 585 g/mol. The molecule has 3 aromatic carbocycles. The fourth-order valence-corrected chi connectivity index (χ4v) is 3.75. The SMILES string of the molecule is C[C@H](/C=C/C(=O)Nc1ccccc1N)[C@@H](OC(=O)NC(=O)c1ccccc1)c1cc(I)ccc1O. The Morgan fingerprint density at radius 1 is 1.03 bits per heavy atom. The molecule has 0 unspecified atom stereocenters. The summed E-state index contributed by atoms with van der Waals surface area (Å²) in [6.45, 7) is 1.72. The van der Waals surface area contributed by atoms with Gasteiger partial charge in [0.05, 0.1) is 11.4 Å². The fraction of sp³-hybridized carbons (Fsp3) is 0.115. The van der Waals surface area contributed by atoms with Gasteiger partial charge in [-0.15, -0.1) is 0 Å². The number of carbonyl (C=O) groups excluding carboxylic acids is 3. The van der Waals surface area contributed by atoms with E-state index in [1.165, 1.54) is 12.1 Å². The van der Waals surface area contributed by atoms with Crippen molar-refractivity contribution in [3.63, 3.8) is 0 Å². The number of nitrogens with one attached hydrogen (secondary N) is 2. The summed E-state index contributed by atoms with van der Waals surface area (Å²) in [6.07, 6.45) is 0.874. The first kappa shape index (κ1) is 25.8. The van der Waals surface area contributed by atoms with Crippen LogP contribution in [0, 0.1) is 9.49 Å². The summed E-state index contributed by atoms with van der Waals surface area (Å²) in [5.74, 6) is -1.68. The molecule has 0 aliphatic carbocycles. The maximum atomic E-state index is 12.6. The molecular weight excluding hydrogens is 561 g/mol. The molecule has 0 aliphatic rings. The highest BCUT2D eigenvalue weighted by molar-refractivity contribution is 14.1. The highest BCUT2D eigenvalue weighted by Gasteiger charge is 2.26. The van der Waals surface area contributed by atoms with Gasteiger partial charge in [0.2, 0.25) is 5.91 Å². The van der Waals surface area contributed by atoms with E-state index in [1.54, 1.807) is 79.7 Å². The molecule has 0 saturated heterocycles. The number of nitrogen functional groups attached to an aromatic ring is 1. The molecule has 3 rings (SSSR count). The minimum atomic E-state index is -0.987. The summed E-state index contributed by atoms with van der Waals surface area (Å²) in [5.41, 5.74) is 7.38. The lowest BCUT2D eigenvalue weighted by molar-refractivity contribution is -0.111. The molecule has 35 heavy (non-hydrogen) atoms. The lowest BCUT2D eigenvalue weighted by Crippen LogP contribution is -2.33. The van der Waals surface area contributed by atoms with E-state index in [1.807, 2.05) is 0 Å². The second-order valence-corrected chi connectivity index (χ2v) is 8.89. The molecule has 180 valence electrons. The van der Waals surface area contributed by atoms with Crippen LogP contribution in [0.1, 0.15) is 28.9 Å². The fourth-order valence-electron chi connectivity index (χ4n) is 3.23. The van der Waals surface area contributed by atoms with Gasteiger partial charge in [0.15, 0.2) is 0 Å². The number of para-hydroxylation sites is 2. The number of anilines is 2. The van der Waals surface area contributed by atoms with Crippen molar-refractivity contribution >= 4 is 51.9 Å². The van der Waals surface area contributed by atoms with E-state index in [-0.39, 0.29) is 5.75 Å². The van der Waals surface area contributed by atoms with E-state index < -0.39 is 29.9 Å². The van der Waals surface area contributed by atoms with E-state index in [0.29, 0.717) is 22.5 Å². The van der Waals surface area contributed by atoms with E-state index >= 15 is 0 Å². The lowest BCUT2D eigenvalue weighted by atomic mass is 9.96. The van der Waals surface area contributed by atoms with Gasteiger partial charge < -0.3 is 20.9 Å². The molecule has 0 aliphatic heterocycles. The maximum absolute atomic E-state index is 12.6. The zero-order valence-corrected chi connectivity index (χ0v) is 20.9. The quantitative estimate of drug-likeness (QED) is 0.175. The van der Waals surface area contributed by atoms with Crippen LogP contribution in [-0.4, -0.2) is 23.0 Å². The van der Waals surface area contributed by atoms with Gasteiger partial charge in [-0.05, 0) is 71.1 Å². The van der Waals surface area contributed by atoms with E-state index in [2.05, 4.69) is 33.2 Å². The van der Waals surface area contributed by atoms with E-state index in [0.717, 1.165) is 3.57 Å². The Morgan fingerprint density at radius 3 is 2.43 bits per heavy atom. The first-order valence-electron chi connectivity index (χ1n) is 10.6. The topological polar surface area (TPSA) is 131 Å². The van der Waals surface area contributed by atoms with Gasteiger partial charge in [-0.2, -0.15) is 0 Å². The minimum Gasteiger partial charge on any atom is -0.508 e. The summed E-state index contributed by atoms with van der Waals surface area (Å²) in [6, 6.07) is 19.9. The molecule has 5 N–H and O–H groups in total.